The van der Waals surface area contributed by atoms with Crippen molar-refractivity contribution in [3.8, 4) is 11.5 Å². The van der Waals surface area contributed by atoms with Crippen molar-refractivity contribution in [3.63, 3.8) is 0 Å². The number of anilines is 1. The van der Waals surface area contributed by atoms with Gasteiger partial charge in [-0.3, -0.25) is 19.3 Å². The maximum Gasteiger partial charge on any atom is 0.294 e. The van der Waals surface area contributed by atoms with Gasteiger partial charge in [-0.2, -0.15) is 0 Å². The molecule has 3 amide bonds. The fourth-order valence-electron chi connectivity index (χ4n) is 4.65. The summed E-state index contributed by atoms with van der Waals surface area (Å²) >= 11 is 3.00. The van der Waals surface area contributed by atoms with Gasteiger partial charge in [0.25, 0.3) is 11.1 Å². The monoisotopic (exact) mass is 692 g/mol. The van der Waals surface area contributed by atoms with E-state index in [1.54, 1.807) is 18.2 Å². The molecule has 1 aliphatic heterocycles. The first-order valence-electron chi connectivity index (χ1n) is 13.4. The first-order valence-corrected chi connectivity index (χ1v) is 15.3. The number of carbonyl (C=O) groups excluding carboxylic acids is 3. The highest BCUT2D eigenvalue weighted by Gasteiger charge is 2.36. The lowest BCUT2D eigenvalue weighted by Gasteiger charge is -2.16. The number of hydrogen-bond acceptors (Lipinski definition) is 6. The molecule has 0 saturated carbocycles. The number of aryl methyl sites for hydroxylation is 1. The van der Waals surface area contributed by atoms with E-state index in [2.05, 4.69) is 46.1 Å². The Hall–Kier alpha value is -3.83. The van der Waals surface area contributed by atoms with Gasteiger partial charge in [-0.05, 0) is 112 Å². The molecular weight excluding hydrogens is 663 g/mol. The summed E-state index contributed by atoms with van der Waals surface area (Å²) < 4.78 is 13.0. The SMILES string of the molecule is CCOc1cc(/C=C2/SC(=O)N(CC(=O)Nc3cccc(C)c3C)C2=O)cc(I)c1OCc1cccc2ccccc12. The second kappa shape index (κ2) is 13.0. The van der Waals surface area contributed by atoms with Crippen LogP contribution >= 0.6 is 34.4 Å². The van der Waals surface area contributed by atoms with E-state index in [-0.39, 0.29) is 11.4 Å². The summed E-state index contributed by atoms with van der Waals surface area (Å²) in [4.78, 5) is 39.7. The molecule has 0 bridgehead atoms. The molecule has 0 spiro atoms. The third kappa shape index (κ3) is 6.47. The summed E-state index contributed by atoms with van der Waals surface area (Å²) in [6.07, 6.45) is 1.65. The minimum absolute atomic E-state index is 0.238. The van der Waals surface area contributed by atoms with Gasteiger partial charge in [0.15, 0.2) is 11.5 Å². The summed E-state index contributed by atoms with van der Waals surface area (Å²) in [5.74, 6) is 0.209. The van der Waals surface area contributed by atoms with Crippen LogP contribution in [0, 0.1) is 17.4 Å². The largest absolute Gasteiger partial charge is 0.490 e. The number of nitrogens with zero attached hydrogens (tertiary/aromatic N) is 1. The molecule has 1 fully saturated rings. The Balaban J connectivity index is 1.33. The average molecular weight is 693 g/mol. The van der Waals surface area contributed by atoms with Gasteiger partial charge in [0.1, 0.15) is 13.2 Å². The summed E-state index contributed by atoms with van der Waals surface area (Å²) in [6, 6.07) is 23.6. The number of fused-ring (bicyclic) bond motifs is 1. The first-order chi connectivity index (χ1) is 20.2. The smallest absolute Gasteiger partial charge is 0.294 e. The minimum Gasteiger partial charge on any atom is -0.490 e. The first kappa shape index (κ1) is 29.7. The molecule has 0 atom stereocenters. The molecule has 214 valence electrons. The third-order valence-corrected chi connectivity index (χ3v) is 8.64. The van der Waals surface area contributed by atoms with Crippen LogP contribution in [0.4, 0.5) is 10.5 Å². The molecule has 7 nitrogen and oxygen atoms in total. The van der Waals surface area contributed by atoms with E-state index in [0.717, 1.165) is 47.7 Å². The number of amides is 3. The normalized spacial score (nSPS) is 14.1. The van der Waals surface area contributed by atoms with Crippen LogP contribution in [0.3, 0.4) is 0 Å². The second-order valence-corrected chi connectivity index (χ2v) is 11.9. The maximum atomic E-state index is 13.1. The summed E-state index contributed by atoms with van der Waals surface area (Å²) in [6.45, 7) is 6.18. The molecule has 0 aromatic heterocycles. The Kier molecular flexibility index (Phi) is 9.18. The third-order valence-electron chi connectivity index (χ3n) is 6.94. The fourth-order valence-corrected chi connectivity index (χ4v) is 6.27. The maximum absolute atomic E-state index is 13.1. The number of benzene rings is 4. The predicted molar refractivity (Wildman–Crippen MR) is 176 cm³/mol. The van der Waals surface area contributed by atoms with E-state index in [9.17, 15) is 14.4 Å². The topological polar surface area (TPSA) is 84.9 Å². The quantitative estimate of drug-likeness (QED) is 0.143. The molecule has 0 aliphatic carbocycles. The predicted octanol–water partition coefficient (Wildman–Crippen LogP) is 7.71. The van der Waals surface area contributed by atoms with Crippen molar-refractivity contribution in [2.45, 2.75) is 27.4 Å². The van der Waals surface area contributed by atoms with Crippen LogP contribution in [0.1, 0.15) is 29.2 Å². The molecule has 1 aliphatic rings. The van der Waals surface area contributed by atoms with E-state index in [1.165, 1.54) is 0 Å². The lowest BCUT2D eigenvalue weighted by atomic mass is 10.1. The highest BCUT2D eigenvalue weighted by atomic mass is 127. The van der Waals surface area contributed by atoms with Crippen molar-refractivity contribution < 1.29 is 23.9 Å². The zero-order valence-electron chi connectivity index (χ0n) is 23.4. The lowest BCUT2D eigenvalue weighted by molar-refractivity contribution is -0.127. The molecule has 4 aromatic carbocycles. The zero-order valence-corrected chi connectivity index (χ0v) is 26.4. The number of carbonyl (C=O) groups is 3. The van der Waals surface area contributed by atoms with Crippen molar-refractivity contribution in [1.82, 2.24) is 4.90 Å². The number of imide groups is 1. The van der Waals surface area contributed by atoms with Crippen molar-refractivity contribution in [2.75, 3.05) is 18.5 Å². The average Bonchev–Trinajstić information content (AvgIpc) is 3.22. The Bertz CT molecular complexity index is 1730. The number of rotatable bonds is 9. The van der Waals surface area contributed by atoms with Crippen molar-refractivity contribution >= 4 is 73.9 Å². The van der Waals surface area contributed by atoms with Crippen LogP contribution < -0.4 is 14.8 Å². The molecule has 9 heteroatoms. The molecule has 1 N–H and O–H groups in total. The Morgan fingerprint density at radius 2 is 1.76 bits per heavy atom. The second-order valence-electron chi connectivity index (χ2n) is 9.75. The standard InChI is InChI=1S/C33H29IN2O5S/c1-4-40-28-16-22(15-26(34)31(28)41-19-24-12-8-11-23-10-5-6-13-25(23)24)17-29-32(38)36(33(39)42-29)18-30(37)35-27-14-7-9-20(2)21(27)3/h5-17H,4,18-19H2,1-3H3,(H,35,37)/b29-17+. The summed E-state index contributed by atoms with van der Waals surface area (Å²) in [7, 11) is 0. The Morgan fingerprint density at radius 3 is 2.57 bits per heavy atom. The van der Waals surface area contributed by atoms with Crippen LogP contribution in [0.5, 0.6) is 11.5 Å². The number of thioether (sulfide) groups is 1. The van der Waals surface area contributed by atoms with Gasteiger partial charge in [0.2, 0.25) is 5.91 Å². The Morgan fingerprint density at radius 1 is 1.00 bits per heavy atom. The number of nitrogens with one attached hydrogen (secondary N) is 1. The number of hydrogen-bond donors (Lipinski definition) is 1. The zero-order chi connectivity index (χ0) is 29.8. The van der Waals surface area contributed by atoms with Gasteiger partial charge in [-0.15, -0.1) is 0 Å². The van der Waals surface area contributed by atoms with Gasteiger partial charge < -0.3 is 14.8 Å². The van der Waals surface area contributed by atoms with Gasteiger partial charge in [-0.25, -0.2) is 0 Å². The summed E-state index contributed by atoms with van der Waals surface area (Å²) in [5.41, 5.74) is 4.37. The van der Waals surface area contributed by atoms with Crippen LogP contribution in [-0.2, 0) is 16.2 Å². The van der Waals surface area contributed by atoms with E-state index in [4.69, 9.17) is 9.47 Å². The van der Waals surface area contributed by atoms with Gasteiger partial charge in [0, 0.05) is 5.69 Å². The summed E-state index contributed by atoms with van der Waals surface area (Å²) in [5, 5.41) is 4.59. The Labute approximate surface area is 262 Å². The van der Waals surface area contributed by atoms with E-state index >= 15 is 0 Å². The van der Waals surface area contributed by atoms with Crippen LogP contribution in [0.15, 0.2) is 77.7 Å². The van der Waals surface area contributed by atoms with Crippen LogP contribution in [0.2, 0.25) is 0 Å². The van der Waals surface area contributed by atoms with Gasteiger partial charge in [-0.1, -0.05) is 54.6 Å². The molecule has 1 saturated heterocycles. The van der Waals surface area contributed by atoms with Crippen molar-refractivity contribution in [1.29, 1.82) is 0 Å². The lowest BCUT2D eigenvalue weighted by Crippen LogP contribution is -2.36. The van der Waals surface area contributed by atoms with Crippen LogP contribution in [-0.4, -0.2) is 35.1 Å². The fraction of sp³-hybridized carbons (Fsp3) is 0.182. The van der Waals surface area contributed by atoms with Crippen molar-refractivity contribution in [3.05, 3.63) is 104 Å². The van der Waals surface area contributed by atoms with Crippen molar-refractivity contribution in [2.24, 2.45) is 0 Å². The van der Waals surface area contributed by atoms with Gasteiger partial charge in [0.05, 0.1) is 15.1 Å². The molecule has 4 aromatic rings. The van der Waals surface area contributed by atoms with Gasteiger partial charge >= 0.3 is 0 Å². The molecule has 0 radical (unpaired) electrons. The van der Waals surface area contributed by atoms with Crippen LogP contribution in [0.25, 0.3) is 16.8 Å². The minimum atomic E-state index is -0.509. The van der Waals surface area contributed by atoms with E-state index < -0.39 is 17.1 Å². The highest BCUT2D eigenvalue weighted by molar-refractivity contribution is 14.1. The highest BCUT2D eigenvalue weighted by Crippen LogP contribution is 2.38. The molecular formula is C33H29IN2O5S. The number of ether oxygens (including phenoxy) is 2. The van der Waals surface area contributed by atoms with E-state index in [1.807, 2.05) is 63.2 Å². The number of halogens is 1. The molecule has 42 heavy (non-hydrogen) atoms. The van der Waals surface area contributed by atoms with E-state index in [0.29, 0.717) is 36.0 Å². The molecule has 5 rings (SSSR count). The molecule has 0 unspecified atom stereocenters. The molecule has 1 heterocycles.